The first-order valence-corrected chi connectivity index (χ1v) is 8.06. The van der Waals surface area contributed by atoms with E-state index in [4.69, 9.17) is 28.6 Å². The van der Waals surface area contributed by atoms with Crippen LogP contribution >= 0.6 is 23.8 Å². The molecule has 23 heavy (non-hydrogen) atoms. The molecule has 0 aliphatic rings. The fourth-order valence-electron chi connectivity index (χ4n) is 1.90. The number of thiocarbonyl (C=S) groups is 1. The summed E-state index contributed by atoms with van der Waals surface area (Å²) in [6.45, 7) is 3.21. The summed E-state index contributed by atoms with van der Waals surface area (Å²) in [6, 6.07) is 15.4. The summed E-state index contributed by atoms with van der Waals surface area (Å²) in [5, 5.41) is 7.19. The maximum absolute atomic E-state index is 5.98. The smallest absolute Gasteiger partial charge is 0.223 e. The van der Waals surface area contributed by atoms with Crippen molar-refractivity contribution in [3.05, 3.63) is 64.7 Å². The van der Waals surface area contributed by atoms with E-state index in [-0.39, 0.29) is 0 Å². The first-order chi connectivity index (χ1) is 11.2. The zero-order valence-corrected chi connectivity index (χ0v) is 14.4. The Bertz CT molecular complexity index is 691. The Hall–Kier alpha value is -2.11. The second-order valence-electron chi connectivity index (χ2n) is 4.73. The second kappa shape index (κ2) is 9.12. The summed E-state index contributed by atoms with van der Waals surface area (Å²) in [5.74, 6) is 0.774. The van der Waals surface area contributed by atoms with Crippen LogP contribution < -0.4 is 20.6 Å². The molecule has 0 aliphatic heterocycles. The van der Waals surface area contributed by atoms with E-state index in [0.29, 0.717) is 16.7 Å². The van der Waals surface area contributed by atoms with Crippen molar-refractivity contribution in [2.45, 2.75) is 13.5 Å². The average Bonchev–Trinajstić information content (AvgIpc) is 2.54. The molecule has 2 rings (SSSR count). The summed E-state index contributed by atoms with van der Waals surface area (Å²) in [4.78, 5) is 0. The van der Waals surface area contributed by atoms with Gasteiger partial charge in [-0.25, -0.2) is 0 Å². The standard InChI is InChI=1S/C17H18ClN3OS/c1-2-19-17(23)21-20-11-14-7-3-4-9-16(14)22-12-13-6-5-8-15(18)10-13/h3-11H,2,12H2,1H3,(H2,19,21,23)/p+1. The van der Waals surface area contributed by atoms with Crippen molar-refractivity contribution >= 4 is 35.1 Å². The van der Waals surface area contributed by atoms with Crippen molar-refractivity contribution in [1.29, 1.82) is 0 Å². The third-order valence-electron chi connectivity index (χ3n) is 2.95. The highest BCUT2D eigenvalue weighted by Gasteiger charge is 2.04. The topological polar surface area (TPSA) is 47.3 Å². The van der Waals surface area contributed by atoms with Gasteiger partial charge in [0, 0.05) is 11.6 Å². The van der Waals surface area contributed by atoms with E-state index in [0.717, 1.165) is 23.4 Å². The number of nitrogens with one attached hydrogen (secondary N) is 3. The van der Waals surface area contributed by atoms with Crippen molar-refractivity contribution in [3.8, 4) is 5.75 Å². The number of hydrogen-bond donors (Lipinski definition) is 3. The lowest BCUT2D eigenvalue weighted by molar-refractivity contribution is -0.500. The highest BCUT2D eigenvalue weighted by Crippen LogP contribution is 2.18. The van der Waals surface area contributed by atoms with Gasteiger partial charge < -0.3 is 10.1 Å². The van der Waals surface area contributed by atoms with Crippen LogP contribution in [0.4, 0.5) is 0 Å². The zero-order valence-electron chi connectivity index (χ0n) is 12.8. The summed E-state index contributed by atoms with van der Waals surface area (Å²) in [6.07, 6.45) is 1.80. The summed E-state index contributed by atoms with van der Waals surface area (Å²) in [5.41, 5.74) is 4.82. The molecule has 0 unspecified atom stereocenters. The van der Waals surface area contributed by atoms with Crippen molar-refractivity contribution in [2.24, 2.45) is 0 Å². The first kappa shape index (κ1) is 17.2. The Kier molecular flexibility index (Phi) is 6.84. The minimum Gasteiger partial charge on any atom is -0.488 e. The average molecular weight is 349 g/mol. The van der Waals surface area contributed by atoms with Gasteiger partial charge in [-0.05, 0) is 49.0 Å². The van der Waals surface area contributed by atoms with E-state index < -0.39 is 0 Å². The molecule has 0 aromatic heterocycles. The van der Waals surface area contributed by atoms with E-state index >= 15 is 0 Å². The van der Waals surface area contributed by atoms with Crippen LogP contribution in [0.25, 0.3) is 0 Å². The molecular weight excluding hydrogens is 330 g/mol. The lowest BCUT2D eigenvalue weighted by atomic mass is 10.2. The van der Waals surface area contributed by atoms with Crippen LogP contribution in [-0.2, 0) is 6.61 Å². The van der Waals surface area contributed by atoms with Crippen LogP contribution in [-0.4, -0.2) is 17.9 Å². The van der Waals surface area contributed by atoms with Crippen molar-refractivity contribution in [1.82, 2.24) is 10.7 Å². The molecule has 4 nitrogen and oxygen atoms in total. The molecule has 0 radical (unpaired) electrons. The van der Waals surface area contributed by atoms with Crippen molar-refractivity contribution in [2.75, 3.05) is 6.54 Å². The van der Waals surface area contributed by atoms with Gasteiger partial charge in [0.25, 0.3) is 0 Å². The first-order valence-electron chi connectivity index (χ1n) is 7.28. The lowest BCUT2D eigenvalue weighted by Crippen LogP contribution is -2.82. The third-order valence-corrected chi connectivity index (χ3v) is 3.43. The maximum atomic E-state index is 5.98. The number of para-hydroxylation sites is 1. The number of hydrogen-bond acceptors (Lipinski definition) is 2. The minimum absolute atomic E-state index is 0.453. The molecule has 120 valence electrons. The Morgan fingerprint density at radius 2 is 2.09 bits per heavy atom. The van der Waals surface area contributed by atoms with Crippen LogP contribution in [0.5, 0.6) is 5.75 Å². The maximum Gasteiger partial charge on any atom is 0.223 e. The molecule has 0 saturated heterocycles. The van der Waals surface area contributed by atoms with Crippen molar-refractivity contribution in [3.63, 3.8) is 0 Å². The van der Waals surface area contributed by atoms with Gasteiger partial charge in [-0.2, -0.15) is 0 Å². The predicted octanol–water partition coefficient (Wildman–Crippen LogP) is 1.82. The van der Waals surface area contributed by atoms with Gasteiger partial charge in [0.05, 0.1) is 5.56 Å². The van der Waals surface area contributed by atoms with Gasteiger partial charge >= 0.3 is 0 Å². The van der Waals surface area contributed by atoms with E-state index in [1.165, 1.54) is 0 Å². The Balaban J connectivity index is 1.99. The number of halogens is 1. The van der Waals surface area contributed by atoms with Gasteiger partial charge in [0.2, 0.25) is 11.3 Å². The molecule has 0 saturated carbocycles. The Morgan fingerprint density at radius 1 is 1.26 bits per heavy atom. The molecule has 0 atom stereocenters. The summed E-state index contributed by atoms with van der Waals surface area (Å²) >= 11 is 11.1. The van der Waals surface area contributed by atoms with Crippen LogP contribution in [0.15, 0.2) is 48.5 Å². The molecule has 2 aromatic rings. The summed E-state index contributed by atoms with van der Waals surface area (Å²) < 4.78 is 5.88. The fourth-order valence-corrected chi connectivity index (χ4v) is 2.32. The summed E-state index contributed by atoms with van der Waals surface area (Å²) in [7, 11) is 0. The normalized spacial score (nSPS) is 10.5. The molecular formula is C17H19ClN3OS+. The predicted molar refractivity (Wildman–Crippen MR) is 97.8 cm³/mol. The number of hydrazone groups is 1. The van der Waals surface area contributed by atoms with Crippen LogP contribution in [0.1, 0.15) is 18.1 Å². The molecule has 0 fully saturated rings. The number of benzene rings is 2. The number of ether oxygens (including phenoxy) is 1. The lowest BCUT2D eigenvalue weighted by Gasteiger charge is -2.08. The highest BCUT2D eigenvalue weighted by atomic mass is 35.5. The molecule has 2 aromatic carbocycles. The zero-order chi connectivity index (χ0) is 16.5. The van der Waals surface area contributed by atoms with Crippen LogP contribution in [0, 0.1) is 0 Å². The minimum atomic E-state index is 0.453. The Labute approximate surface area is 146 Å². The molecule has 3 N–H and O–H groups in total. The van der Waals surface area contributed by atoms with Crippen molar-refractivity contribution < 1.29 is 9.84 Å². The molecule has 0 amide bonds. The number of rotatable bonds is 6. The molecule has 0 aliphatic carbocycles. The molecule has 0 spiro atoms. The van der Waals surface area contributed by atoms with E-state index in [1.807, 2.05) is 55.5 Å². The van der Waals surface area contributed by atoms with E-state index in [1.54, 1.807) is 6.21 Å². The van der Waals surface area contributed by atoms with Gasteiger partial charge in [-0.1, -0.05) is 35.9 Å². The van der Waals surface area contributed by atoms with Gasteiger partial charge in [-0.15, -0.1) is 10.5 Å². The SMILES string of the molecule is CCNC(=S)N[NH+]=Cc1ccccc1OCc1cccc(Cl)c1. The quantitative estimate of drug-likeness (QED) is 0.423. The second-order valence-corrected chi connectivity index (χ2v) is 5.57. The number of hydrazine groups is 1. The van der Waals surface area contributed by atoms with Crippen LogP contribution in [0.2, 0.25) is 5.02 Å². The molecule has 0 heterocycles. The largest absolute Gasteiger partial charge is 0.488 e. The third kappa shape index (κ3) is 5.88. The highest BCUT2D eigenvalue weighted by molar-refractivity contribution is 7.80. The van der Waals surface area contributed by atoms with E-state index in [2.05, 4.69) is 15.8 Å². The van der Waals surface area contributed by atoms with Crippen LogP contribution in [0.3, 0.4) is 0 Å². The van der Waals surface area contributed by atoms with E-state index in [9.17, 15) is 0 Å². The van der Waals surface area contributed by atoms with Gasteiger partial charge in [0.1, 0.15) is 12.4 Å². The monoisotopic (exact) mass is 348 g/mol. The van der Waals surface area contributed by atoms with Gasteiger partial charge in [-0.3, -0.25) is 0 Å². The van der Waals surface area contributed by atoms with Gasteiger partial charge in [0.15, 0.2) is 0 Å². The Morgan fingerprint density at radius 3 is 2.87 bits per heavy atom. The molecule has 6 heteroatoms. The molecule has 0 bridgehead atoms. The fraction of sp³-hybridized carbons (Fsp3) is 0.176.